The fraction of sp³-hybridized carbons (Fsp3) is 0.550. The van der Waals surface area contributed by atoms with Crippen molar-refractivity contribution in [2.45, 2.75) is 56.8 Å². The number of rotatable bonds is 5. The van der Waals surface area contributed by atoms with Gasteiger partial charge in [-0.25, -0.2) is 14.5 Å². The number of carboxylic acid groups (broad SMARTS) is 1. The molecule has 1 saturated heterocycles. The van der Waals surface area contributed by atoms with Gasteiger partial charge in [0, 0.05) is 13.1 Å². The van der Waals surface area contributed by atoms with Gasteiger partial charge in [0.1, 0.15) is 18.4 Å². The Kier molecular flexibility index (Phi) is 5.76. The van der Waals surface area contributed by atoms with Crippen molar-refractivity contribution in [2.75, 3.05) is 13.1 Å². The van der Waals surface area contributed by atoms with Crippen LogP contribution in [0.2, 0.25) is 0 Å². The van der Waals surface area contributed by atoms with Gasteiger partial charge in [-0.15, -0.1) is 0 Å². The third-order valence-electron chi connectivity index (χ3n) is 5.54. The molecular formula is C20H26N4O4. The van der Waals surface area contributed by atoms with Crippen LogP contribution in [0.5, 0.6) is 5.75 Å². The highest BCUT2D eigenvalue weighted by molar-refractivity contribution is 5.65. The first-order valence-electron chi connectivity index (χ1n) is 9.92. The van der Waals surface area contributed by atoms with Crippen molar-refractivity contribution in [1.82, 2.24) is 19.7 Å². The van der Waals surface area contributed by atoms with Gasteiger partial charge in [0.2, 0.25) is 0 Å². The van der Waals surface area contributed by atoms with Gasteiger partial charge in [-0.2, -0.15) is 5.10 Å². The van der Waals surface area contributed by atoms with E-state index in [0.29, 0.717) is 13.1 Å². The van der Waals surface area contributed by atoms with E-state index >= 15 is 0 Å². The quantitative estimate of drug-likeness (QED) is 0.849. The van der Waals surface area contributed by atoms with Crippen molar-refractivity contribution in [3.05, 3.63) is 36.9 Å². The summed E-state index contributed by atoms with van der Waals surface area (Å²) in [6.45, 7) is 1.14. The second kappa shape index (κ2) is 8.60. The van der Waals surface area contributed by atoms with E-state index in [-0.39, 0.29) is 18.3 Å². The number of likely N-dealkylation sites (tertiary alicyclic amines) is 1. The Morgan fingerprint density at radius 3 is 2.21 bits per heavy atom. The Balaban J connectivity index is 1.20. The maximum atomic E-state index is 11.0. The SMILES string of the molecule is O=C(O)N1CCC(O[C@H]2CC[C@H](Oc3ccc(-n4cncn4)cc3)CC2)CC1. The van der Waals surface area contributed by atoms with Gasteiger partial charge in [0.15, 0.2) is 0 Å². The Morgan fingerprint density at radius 2 is 1.61 bits per heavy atom. The van der Waals surface area contributed by atoms with Crippen molar-refractivity contribution in [3.63, 3.8) is 0 Å². The van der Waals surface area contributed by atoms with Crippen LogP contribution in [0.3, 0.4) is 0 Å². The third-order valence-corrected chi connectivity index (χ3v) is 5.54. The van der Waals surface area contributed by atoms with E-state index in [1.165, 1.54) is 11.2 Å². The highest BCUT2D eigenvalue weighted by atomic mass is 16.5. The molecule has 1 aromatic heterocycles. The Bertz CT molecular complexity index is 749. The molecule has 1 saturated carbocycles. The molecule has 1 amide bonds. The lowest BCUT2D eigenvalue weighted by Crippen LogP contribution is -2.41. The number of benzene rings is 1. The van der Waals surface area contributed by atoms with E-state index in [2.05, 4.69) is 10.1 Å². The Labute approximate surface area is 164 Å². The standard InChI is InChI=1S/C20H26N4O4/c25-20(26)23-11-9-19(10-12-23)28-18-7-5-17(6-8-18)27-16-3-1-15(2-4-16)24-14-21-13-22-24/h1-4,13-14,17-19H,5-12H2,(H,25,26)/t17-,18-. The average molecular weight is 386 g/mol. The fourth-order valence-corrected chi connectivity index (χ4v) is 3.95. The summed E-state index contributed by atoms with van der Waals surface area (Å²) in [5, 5.41) is 13.1. The maximum absolute atomic E-state index is 11.0. The molecule has 1 aromatic carbocycles. The predicted octanol–water partition coefficient (Wildman–Crippen LogP) is 3.12. The van der Waals surface area contributed by atoms with Crippen LogP contribution in [0, 0.1) is 0 Å². The molecule has 2 heterocycles. The second-order valence-electron chi connectivity index (χ2n) is 7.46. The lowest BCUT2D eigenvalue weighted by atomic mass is 9.94. The first-order valence-corrected chi connectivity index (χ1v) is 9.92. The van der Waals surface area contributed by atoms with Crippen LogP contribution in [0.1, 0.15) is 38.5 Å². The molecule has 150 valence electrons. The molecule has 1 aliphatic heterocycles. The number of piperidine rings is 1. The third kappa shape index (κ3) is 4.62. The molecule has 0 bridgehead atoms. The van der Waals surface area contributed by atoms with Crippen LogP contribution in [0.4, 0.5) is 4.79 Å². The molecular weight excluding hydrogens is 360 g/mol. The molecule has 0 unspecified atom stereocenters. The number of nitrogens with zero attached hydrogens (tertiary/aromatic N) is 4. The Hall–Kier alpha value is -2.61. The summed E-state index contributed by atoms with van der Waals surface area (Å²) in [5.41, 5.74) is 0.955. The number of hydrogen-bond acceptors (Lipinski definition) is 5. The Morgan fingerprint density at radius 1 is 0.964 bits per heavy atom. The molecule has 28 heavy (non-hydrogen) atoms. The summed E-state index contributed by atoms with van der Waals surface area (Å²) in [5.74, 6) is 0.870. The van der Waals surface area contributed by atoms with Crippen molar-refractivity contribution in [1.29, 1.82) is 0 Å². The highest BCUT2D eigenvalue weighted by Crippen LogP contribution is 2.28. The molecule has 0 radical (unpaired) electrons. The van der Waals surface area contributed by atoms with E-state index < -0.39 is 6.09 Å². The van der Waals surface area contributed by atoms with Crippen LogP contribution in [-0.4, -0.2) is 62.3 Å². The largest absolute Gasteiger partial charge is 0.490 e. The van der Waals surface area contributed by atoms with Gasteiger partial charge < -0.3 is 19.5 Å². The van der Waals surface area contributed by atoms with Crippen molar-refractivity contribution in [2.24, 2.45) is 0 Å². The molecule has 0 spiro atoms. The average Bonchev–Trinajstić information content (AvgIpc) is 3.25. The van der Waals surface area contributed by atoms with Crippen LogP contribution in [-0.2, 0) is 4.74 Å². The molecule has 8 nitrogen and oxygen atoms in total. The van der Waals surface area contributed by atoms with Gasteiger partial charge in [0.05, 0.1) is 24.0 Å². The molecule has 0 atom stereocenters. The van der Waals surface area contributed by atoms with Gasteiger partial charge in [-0.3, -0.25) is 0 Å². The van der Waals surface area contributed by atoms with Gasteiger partial charge in [-0.05, 0) is 62.8 Å². The number of hydrogen-bond donors (Lipinski definition) is 1. The second-order valence-corrected chi connectivity index (χ2v) is 7.46. The first kappa shape index (κ1) is 18.7. The summed E-state index contributed by atoms with van der Waals surface area (Å²) < 4.78 is 14.1. The zero-order valence-corrected chi connectivity index (χ0v) is 15.8. The lowest BCUT2D eigenvalue weighted by molar-refractivity contribution is -0.0641. The van der Waals surface area contributed by atoms with Crippen LogP contribution in [0.15, 0.2) is 36.9 Å². The minimum Gasteiger partial charge on any atom is -0.490 e. The van der Waals surface area contributed by atoms with E-state index in [1.54, 1.807) is 11.0 Å². The van der Waals surface area contributed by atoms with Crippen molar-refractivity contribution >= 4 is 6.09 Å². The minimum atomic E-state index is -0.828. The molecule has 2 aromatic rings. The van der Waals surface area contributed by atoms with Gasteiger partial charge in [-0.1, -0.05) is 0 Å². The molecule has 2 aliphatic rings. The first-order chi connectivity index (χ1) is 13.7. The normalized spacial score (nSPS) is 23.5. The molecule has 8 heteroatoms. The zero-order chi connectivity index (χ0) is 19.3. The summed E-state index contributed by atoms with van der Waals surface area (Å²) in [7, 11) is 0. The van der Waals surface area contributed by atoms with Gasteiger partial charge >= 0.3 is 6.09 Å². The highest BCUT2D eigenvalue weighted by Gasteiger charge is 2.28. The van der Waals surface area contributed by atoms with Crippen LogP contribution < -0.4 is 4.74 Å². The molecule has 1 N–H and O–H groups in total. The topological polar surface area (TPSA) is 89.7 Å². The number of amides is 1. The van der Waals surface area contributed by atoms with E-state index in [9.17, 15) is 4.79 Å². The van der Waals surface area contributed by atoms with E-state index in [0.717, 1.165) is 50.0 Å². The molecule has 4 rings (SSSR count). The predicted molar refractivity (Wildman–Crippen MR) is 102 cm³/mol. The fourth-order valence-electron chi connectivity index (χ4n) is 3.95. The number of ether oxygens (including phenoxy) is 2. The maximum Gasteiger partial charge on any atom is 0.407 e. The smallest absolute Gasteiger partial charge is 0.407 e. The van der Waals surface area contributed by atoms with Crippen LogP contribution >= 0.6 is 0 Å². The van der Waals surface area contributed by atoms with Crippen molar-refractivity contribution < 1.29 is 19.4 Å². The zero-order valence-electron chi connectivity index (χ0n) is 15.8. The molecule has 1 aliphatic carbocycles. The number of aromatic nitrogens is 3. The molecule has 2 fully saturated rings. The van der Waals surface area contributed by atoms with E-state index in [4.69, 9.17) is 14.6 Å². The minimum absolute atomic E-state index is 0.183. The summed E-state index contributed by atoms with van der Waals surface area (Å²) in [4.78, 5) is 16.4. The van der Waals surface area contributed by atoms with Crippen LogP contribution in [0.25, 0.3) is 5.69 Å². The summed E-state index contributed by atoms with van der Waals surface area (Å²) in [6, 6.07) is 7.89. The van der Waals surface area contributed by atoms with E-state index in [1.807, 2.05) is 24.3 Å². The van der Waals surface area contributed by atoms with Gasteiger partial charge in [0.25, 0.3) is 0 Å². The monoisotopic (exact) mass is 386 g/mol. The lowest BCUT2D eigenvalue weighted by Gasteiger charge is -2.35. The summed E-state index contributed by atoms with van der Waals surface area (Å²) >= 11 is 0. The number of carbonyl (C=O) groups is 1. The van der Waals surface area contributed by atoms with Crippen molar-refractivity contribution in [3.8, 4) is 11.4 Å². The summed E-state index contributed by atoms with van der Waals surface area (Å²) in [6.07, 6.45) is 8.52.